The summed E-state index contributed by atoms with van der Waals surface area (Å²) in [6.45, 7) is 5.68. The van der Waals surface area contributed by atoms with E-state index in [1.54, 1.807) is 6.26 Å². The SMILES string of the molecule is CCCNC(c1ccoc1)C1CCC(C)C1. The van der Waals surface area contributed by atoms with Crippen LogP contribution in [0.15, 0.2) is 23.0 Å². The largest absolute Gasteiger partial charge is 0.472 e. The van der Waals surface area contributed by atoms with Crippen molar-refractivity contribution in [2.45, 2.75) is 45.6 Å². The number of furan rings is 1. The maximum atomic E-state index is 5.22. The molecule has 1 heterocycles. The molecule has 0 saturated heterocycles. The van der Waals surface area contributed by atoms with Crippen molar-refractivity contribution in [2.24, 2.45) is 11.8 Å². The summed E-state index contributed by atoms with van der Waals surface area (Å²) in [5.41, 5.74) is 1.33. The fraction of sp³-hybridized carbons (Fsp3) is 0.714. The summed E-state index contributed by atoms with van der Waals surface area (Å²) in [5.74, 6) is 1.68. The Labute approximate surface area is 98.4 Å². The minimum atomic E-state index is 0.503. The number of nitrogens with one attached hydrogen (secondary N) is 1. The van der Waals surface area contributed by atoms with Crippen molar-refractivity contribution in [2.75, 3.05) is 6.54 Å². The van der Waals surface area contributed by atoms with Crippen LogP contribution in [0.1, 0.15) is 51.1 Å². The van der Waals surface area contributed by atoms with Crippen LogP contribution in [0.3, 0.4) is 0 Å². The van der Waals surface area contributed by atoms with Gasteiger partial charge in [-0.25, -0.2) is 0 Å². The van der Waals surface area contributed by atoms with E-state index in [1.165, 1.54) is 31.2 Å². The standard InChI is InChI=1S/C14H23NO/c1-3-7-15-14(13-6-8-16-10-13)12-5-4-11(2)9-12/h6,8,10-12,14-15H,3-5,7,9H2,1-2H3. The molecule has 2 nitrogen and oxygen atoms in total. The van der Waals surface area contributed by atoms with Crippen LogP contribution in [0.2, 0.25) is 0 Å². The molecule has 1 aliphatic carbocycles. The van der Waals surface area contributed by atoms with Crippen LogP contribution in [0.5, 0.6) is 0 Å². The average Bonchev–Trinajstić information content (AvgIpc) is 2.91. The molecular weight excluding hydrogens is 198 g/mol. The fourth-order valence-corrected chi connectivity index (χ4v) is 2.86. The van der Waals surface area contributed by atoms with Gasteiger partial charge < -0.3 is 9.73 Å². The molecule has 0 aromatic carbocycles. The molecule has 3 atom stereocenters. The molecular formula is C14H23NO. The highest BCUT2D eigenvalue weighted by Gasteiger charge is 2.29. The molecule has 90 valence electrons. The third-order valence-electron chi connectivity index (χ3n) is 3.72. The van der Waals surface area contributed by atoms with E-state index in [1.807, 2.05) is 6.26 Å². The van der Waals surface area contributed by atoms with Crippen LogP contribution in [0.25, 0.3) is 0 Å². The molecule has 0 bridgehead atoms. The van der Waals surface area contributed by atoms with E-state index in [4.69, 9.17) is 4.42 Å². The van der Waals surface area contributed by atoms with Crippen molar-refractivity contribution in [3.63, 3.8) is 0 Å². The van der Waals surface area contributed by atoms with Gasteiger partial charge in [0.15, 0.2) is 0 Å². The second-order valence-corrected chi connectivity index (χ2v) is 5.17. The molecule has 0 aliphatic heterocycles. The molecule has 0 amide bonds. The third kappa shape index (κ3) is 2.67. The van der Waals surface area contributed by atoms with Crippen LogP contribution in [-0.4, -0.2) is 6.54 Å². The zero-order valence-electron chi connectivity index (χ0n) is 10.4. The van der Waals surface area contributed by atoms with Gasteiger partial charge in [0, 0.05) is 11.6 Å². The highest BCUT2D eigenvalue weighted by molar-refractivity contribution is 5.13. The van der Waals surface area contributed by atoms with E-state index >= 15 is 0 Å². The van der Waals surface area contributed by atoms with Gasteiger partial charge in [0.1, 0.15) is 0 Å². The van der Waals surface area contributed by atoms with Crippen molar-refractivity contribution in [1.29, 1.82) is 0 Å². The normalized spacial score (nSPS) is 27.1. The average molecular weight is 221 g/mol. The van der Waals surface area contributed by atoms with E-state index in [2.05, 4.69) is 25.2 Å². The van der Waals surface area contributed by atoms with Crippen molar-refractivity contribution in [1.82, 2.24) is 5.32 Å². The second kappa shape index (κ2) is 5.53. The van der Waals surface area contributed by atoms with Crippen molar-refractivity contribution >= 4 is 0 Å². The summed E-state index contributed by atoms with van der Waals surface area (Å²) in [6.07, 6.45) is 8.97. The number of rotatable bonds is 5. The summed E-state index contributed by atoms with van der Waals surface area (Å²) in [7, 11) is 0. The van der Waals surface area contributed by atoms with Gasteiger partial charge in [0.2, 0.25) is 0 Å². The van der Waals surface area contributed by atoms with Crippen LogP contribution in [0, 0.1) is 11.8 Å². The van der Waals surface area contributed by atoms with Gasteiger partial charge in [0.25, 0.3) is 0 Å². The Kier molecular flexibility index (Phi) is 4.05. The maximum absolute atomic E-state index is 5.22. The van der Waals surface area contributed by atoms with Crippen molar-refractivity contribution in [3.05, 3.63) is 24.2 Å². The smallest absolute Gasteiger partial charge is 0.0950 e. The highest BCUT2D eigenvalue weighted by atomic mass is 16.3. The lowest BCUT2D eigenvalue weighted by molar-refractivity contribution is 0.357. The molecule has 0 spiro atoms. The Morgan fingerprint density at radius 1 is 1.50 bits per heavy atom. The van der Waals surface area contributed by atoms with Crippen LogP contribution in [0.4, 0.5) is 0 Å². The van der Waals surface area contributed by atoms with Gasteiger partial charge in [-0.3, -0.25) is 0 Å². The van der Waals surface area contributed by atoms with Crippen LogP contribution < -0.4 is 5.32 Å². The Morgan fingerprint density at radius 3 is 2.94 bits per heavy atom. The van der Waals surface area contributed by atoms with Gasteiger partial charge in [0.05, 0.1) is 12.5 Å². The van der Waals surface area contributed by atoms with Gasteiger partial charge in [-0.2, -0.15) is 0 Å². The summed E-state index contributed by atoms with van der Waals surface area (Å²) >= 11 is 0. The van der Waals surface area contributed by atoms with E-state index in [-0.39, 0.29) is 0 Å². The molecule has 1 N–H and O–H groups in total. The van der Waals surface area contributed by atoms with E-state index in [9.17, 15) is 0 Å². The Balaban J connectivity index is 2.02. The molecule has 16 heavy (non-hydrogen) atoms. The number of hydrogen-bond acceptors (Lipinski definition) is 2. The number of hydrogen-bond donors (Lipinski definition) is 1. The van der Waals surface area contributed by atoms with E-state index < -0.39 is 0 Å². The zero-order chi connectivity index (χ0) is 11.4. The lowest BCUT2D eigenvalue weighted by Crippen LogP contribution is -2.27. The predicted octanol–water partition coefficient (Wildman–Crippen LogP) is 3.76. The monoisotopic (exact) mass is 221 g/mol. The Morgan fingerprint density at radius 2 is 2.38 bits per heavy atom. The molecule has 3 unspecified atom stereocenters. The van der Waals surface area contributed by atoms with Crippen molar-refractivity contribution < 1.29 is 4.42 Å². The minimum Gasteiger partial charge on any atom is -0.472 e. The Bertz CT molecular complexity index is 294. The first kappa shape index (κ1) is 11.7. The Hall–Kier alpha value is -0.760. The lowest BCUT2D eigenvalue weighted by atomic mass is 9.92. The van der Waals surface area contributed by atoms with Gasteiger partial charge in [-0.15, -0.1) is 0 Å². The molecule has 1 saturated carbocycles. The molecule has 1 aromatic heterocycles. The first-order valence-corrected chi connectivity index (χ1v) is 6.56. The summed E-state index contributed by atoms with van der Waals surface area (Å²) in [6, 6.07) is 2.61. The quantitative estimate of drug-likeness (QED) is 0.819. The fourth-order valence-electron chi connectivity index (χ4n) is 2.86. The highest BCUT2D eigenvalue weighted by Crippen LogP contribution is 2.38. The summed E-state index contributed by atoms with van der Waals surface area (Å²) in [5, 5.41) is 3.67. The minimum absolute atomic E-state index is 0.503. The van der Waals surface area contributed by atoms with Gasteiger partial charge >= 0.3 is 0 Å². The maximum Gasteiger partial charge on any atom is 0.0950 e. The third-order valence-corrected chi connectivity index (χ3v) is 3.72. The van der Waals surface area contributed by atoms with E-state index in [0.717, 1.165) is 18.4 Å². The van der Waals surface area contributed by atoms with Gasteiger partial charge in [-0.05, 0) is 43.7 Å². The predicted molar refractivity (Wildman–Crippen MR) is 66.2 cm³/mol. The van der Waals surface area contributed by atoms with Crippen LogP contribution in [-0.2, 0) is 0 Å². The van der Waals surface area contributed by atoms with E-state index in [0.29, 0.717) is 6.04 Å². The first-order chi connectivity index (χ1) is 7.81. The van der Waals surface area contributed by atoms with Crippen molar-refractivity contribution in [3.8, 4) is 0 Å². The lowest BCUT2D eigenvalue weighted by Gasteiger charge is -2.23. The van der Waals surface area contributed by atoms with Crippen LogP contribution >= 0.6 is 0 Å². The topological polar surface area (TPSA) is 25.2 Å². The molecule has 0 radical (unpaired) electrons. The second-order valence-electron chi connectivity index (χ2n) is 5.17. The molecule has 1 fully saturated rings. The molecule has 1 aromatic rings. The molecule has 2 heteroatoms. The summed E-state index contributed by atoms with van der Waals surface area (Å²) in [4.78, 5) is 0. The zero-order valence-corrected chi connectivity index (χ0v) is 10.4. The summed E-state index contributed by atoms with van der Waals surface area (Å²) < 4.78 is 5.22. The first-order valence-electron chi connectivity index (χ1n) is 6.56. The van der Waals surface area contributed by atoms with Gasteiger partial charge in [-0.1, -0.05) is 20.3 Å². The molecule has 2 rings (SSSR count). The molecule has 1 aliphatic rings.